The molecule has 0 aliphatic carbocycles. The van der Waals surface area contributed by atoms with Crippen molar-refractivity contribution in [2.24, 2.45) is 0 Å². The summed E-state index contributed by atoms with van der Waals surface area (Å²) >= 11 is 0. The smallest absolute Gasteiger partial charge is 0.226 e. The second-order valence-corrected chi connectivity index (χ2v) is 8.57. The molecular weight excluding hydrogens is 458 g/mol. The molecule has 0 fully saturated rings. The molecule has 0 saturated carbocycles. The Morgan fingerprint density at radius 2 is 1.92 bits per heavy atom. The highest BCUT2D eigenvalue weighted by atomic mass is 16.5. The molecule has 0 spiro atoms. The van der Waals surface area contributed by atoms with Crippen LogP contribution in [0.2, 0.25) is 0 Å². The second kappa shape index (κ2) is 8.81. The number of hydrogen-bond acceptors (Lipinski definition) is 7. The molecule has 5 aromatic rings. The van der Waals surface area contributed by atoms with E-state index in [4.69, 9.17) is 14.6 Å². The van der Waals surface area contributed by atoms with Crippen LogP contribution in [0.5, 0.6) is 11.5 Å². The quantitative estimate of drug-likeness (QED) is 0.394. The van der Waals surface area contributed by atoms with Crippen LogP contribution in [0.25, 0.3) is 11.5 Å². The van der Waals surface area contributed by atoms with Crippen molar-refractivity contribution in [3.05, 3.63) is 89.4 Å². The maximum atomic E-state index is 12.8. The van der Waals surface area contributed by atoms with Crippen molar-refractivity contribution < 1.29 is 14.3 Å². The molecule has 10 heteroatoms. The fourth-order valence-electron chi connectivity index (χ4n) is 4.58. The van der Waals surface area contributed by atoms with Crippen molar-refractivity contribution in [2.45, 2.75) is 25.9 Å². The van der Waals surface area contributed by atoms with Gasteiger partial charge in [0.25, 0.3) is 0 Å². The maximum absolute atomic E-state index is 12.8. The number of fused-ring (bicyclic) bond motifs is 2. The van der Waals surface area contributed by atoms with Gasteiger partial charge in [0, 0.05) is 17.9 Å². The van der Waals surface area contributed by atoms with E-state index < -0.39 is 0 Å². The standard InChI is InChI=1S/C26H23N7O3/c1-16-25-19(18-8-9-20(21(12-18)35-2)36-14-17-6-4-3-5-7-17)13-24(34)28-26(25)33(30-16)23-11-10-22-29-27-15-32(22)31-23/h3-12,15,19H,13-14H2,1-2H3,(H,28,34). The third-order valence-electron chi connectivity index (χ3n) is 6.29. The highest BCUT2D eigenvalue weighted by molar-refractivity contribution is 5.95. The Hall–Kier alpha value is -4.73. The molecule has 4 heterocycles. The summed E-state index contributed by atoms with van der Waals surface area (Å²) in [6.45, 7) is 2.37. The number of aryl methyl sites for hydroxylation is 1. The van der Waals surface area contributed by atoms with E-state index in [9.17, 15) is 4.79 Å². The van der Waals surface area contributed by atoms with E-state index in [1.54, 1.807) is 28.4 Å². The topological polar surface area (TPSA) is 108 Å². The Labute approximate surface area is 206 Å². The van der Waals surface area contributed by atoms with Gasteiger partial charge in [0.05, 0.1) is 12.8 Å². The first-order chi connectivity index (χ1) is 17.6. The van der Waals surface area contributed by atoms with Crippen LogP contribution in [0.4, 0.5) is 5.82 Å². The number of anilines is 1. The van der Waals surface area contributed by atoms with Gasteiger partial charge in [0.2, 0.25) is 5.91 Å². The Balaban J connectivity index is 1.35. The van der Waals surface area contributed by atoms with Gasteiger partial charge in [-0.2, -0.15) is 14.3 Å². The number of rotatable bonds is 6. The molecule has 10 nitrogen and oxygen atoms in total. The molecule has 1 aliphatic heterocycles. The molecular formula is C26H23N7O3. The molecule has 1 unspecified atom stereocenters. The van der Waals surface area contributed by atoms with Crippen LogP contribution < -0.4 is 14.8 Å². The van der Waals surface area contributed by atoms with E-state index in [1.807, 2.05) is 55.5 Å². The first-order valence-electron chi connectivity index (χ1n) is 11.5. The van der Waals surface area contributed by atoms with Gasteiger partial charge < -0.3 is 14.8 Å². The highest BCUT2D eigenvalue weighted by Gasteiger charge is 2.33. The lowest BCUT2D eigenvalue weighted by molar-refractivity contribution is -0.116. The van der Waals surface area contributed by atoms with Crippen molar-refractivity contribution in [1.82, 2.24) is 29.6 Å². The predicted molar refractivity (Wildman–Crippen MR) is 131 cm³/mol. The third-order valence-corrected chi connectivity index (χ3v) is 6.29. The molecule has 1 atom stereocenters. The largest absolute Gasteiger partial charge is 0.493 e. The van der Waals surface area contributed by atoms with Gasteiger partial charge in [-0.1, -0.05) is 36.4 Å². The van der Waals surface area contributed by atoms with Gasteiger partial charge in [-0.05, 0) is 42.3 Å². The third kappa shape index (κ3) is 3.82. The monoisotopic (exact) mass is 481 g/mol. The number of carbonyl (C=O) groups excluding carboxylic acids is 1. The summed E-state index contributed by atoms with van der Waals surface area (Å²) in [4.78, 5) is 12.8. The Morgan fingerprint density at radius 3 is 2.75 bits per heavy atom. The van der Waals surface area contributed by atoms with Crippen molar-refractivity contribution in [3.8, 4) is 17.3 Å². The second-order valence-electron chi connectivity index (χ2n) is 8.57. The number of nitrogens with zero attached hydrogens (tertiary/aromatic N) is 6. The molecule has 1 aliphatic rings. The number of carbonyl (C=O) groups is 1. The molecule has 6 rings (SSSR count). The van der Waals surface area contributed by atoms with Crippen molar-refractivity contribution >= 4 is 17.4 Å². The van der Waals surface area contributed by atoms with Crippen LogP contribution in [0.3, 0.4) is 0 Å². The van der Waals surface area contributed by atoms with E-state index in [2.05, 4.69) is 20.6 Å². The first kappa shape index (κ1) is 21.8. The maximum Gasteiger partial charge on any atom is 0.226 e. The van der Waals surface area contributed by atoms with Crippen molar-refractivity contribution in [1.29, 1.82) is 0 Å². The lowest BCUT2D eigenvalue weighted by atomic mass is 9.85. The van der Waals surface area contributed by atoms with Gasteiger partial charge in [-0.3, -0.25) is 4.79 Å². The minimum Gasteiger partial charge on any atom is -0.493 e. The van der Waals surface area contributed by atoms with Crippen molar-refractivity contribution in [2.75, 3.05) is 12.4 Å². The summed E-state index contributed by atoms with van der Waals surface area (Å²) in [5, 5.41) is 20.1. The molecule has 36 heavy (non-hydrogen) atoms. The van der Waals surface area contributed by atoms with Crippen molar-refractivity contribution in [3.63, 3.8) is 0 Å². The van der Waals surface area contributed by atoms with Crippen LogP contribution >= 0.6 is 0 Å². The van der Waals surface area contributed by atoms with Crippen LogP contribution in [0.15, 0.2) is 67.0 Å². The number of methoxy groups -OCH3 is 1. The van der Waals surface area contributed by atoms with E-state index in [0.29, 0.717) is 41.8 Å². The predicted octanol–water partition coefficient (Wildman–Crippen LogP) is 3.68. The van der Waals surface area contributed by atoms with Gasteiger partial charge in [-0.25, -0.2) is 0 Å². The summed E-state index contributed by atoms with van der Waals surface area (Å²) in [7, 11) is 1.61. The number of aromatic nitrogens is 6. The minimum atomic E-state index is -0.196. The Kier molecular flexibility index (Phi) is 5.33. The number of amides is 1. The molecule has 2 aromatic carbocycles. The molecule has 1 amide bonds. The van der Waals surface area contributed by atoms with Crippen LogP contribution in [-0.2, 0) is 11.4 Å². The Bertz CT molecular complexity index is 1580. The average molecular weight is 482 g/mol. The summed E-state index contributed by atoms with van der Waals surface area (Å²) in [6.07, 6.45) is 1.82. The van der Waals surface area contributed by atoms with E-state index >= 15 is 0 Å². The lowest BCUT2D eigenvalue weighted by Gasteiger charge is -2.25. The molecule has 180 valence electrons. The molecule has 3 aromatic heterocycles. The zero-order valence-corrected chi connectivity index (χ0v) is 19.8. The van der Waals surface area contributed by atoms with Gasteiger partial charge in [0.1, 0.15) is 18.8 Å². The summed E-state index contributed by atoms with van der Waals surface area (Å²) in [5.74, 6) is 2.12. The number of ether oxygens (including phenoxy) is 2. The average Bonchev–Trinajstić information content (AvgIpc) is 3.51. The van der Waals surface area contributed by atoms with E-state index in [-0.39, 0.29) is 11.8 Å². The van der Waals surface area contributed by atoms with Gasteiger partial charge >= 0.3 is 0 Å². The number of benzene rings is 2. The fraction of sp³-hybridized carbons (Fsp3) is 0.192. The molecule has 0 bridgehead atoms. The SMILES string of the molecule is COc1cc(C2CC(=O)Nc3c2c(C)nn3-c2ccc3nncn3n2)ccc1OCc1ccccc1. The summed E-state index contributed by atoms with van der Waals surface area (Å²) in [6, 6.07) is 19.4. The normalized spacial score (nSPS) is 14.9. The van der Waals surface area contributed by atoms with Crippen LogP contribution in [0, 0.1) is 6.92 Å². The van der Waals surface area contributed by atoms with Gasteiger partial charge in [0.15, 0.2) is 23.0 Å². The van der Waals surface area contributed by atoms with Gasteiger partial charge in [-0.15, -0.1) is 15.3 Å². The zero-order valence-electron chi connectivity index (χ0n) is 19.8. The summed E-state index contributed by atoms with van der Waals surface area (Å²) in [5.41, 5.74) is 4.39. The van der Waals surface area contributed by atoms with Crippen LogP contribution in [-0.4, -0.2) is 42.6 Å². The van der Waals surface area contributed by atoms with E-state index in [1.165, 1.54) is 6.33 Å². The number of nitrogens with one attached hydrogen (secondary N) is 1. The first-order valence-corrected chi connectivity index (χ1v) is 11.5. The number of hydrogen-bond donors (Lipinski definition) is 1. The van der Waals surface area contributed by atoms with E-state index in [0.717, 1.165) is 22.4 Å². The Morgan fingerprint density at radius 1 is 1.06 bits per heavy atom. The summed E-state index contributed by atoms with van der Waals surface area (Å²) < 4.78 is 14.9. The van der Waals surface area contributed by atoms with Crippen LogP contribution in [0.1, 0.15) is 34.7 Å². The fourth-order valence-corrected chi connectivity index (χ4v) is 4.58. The highest BCUT2D eigenvalue weighted by Crippen LogP contribution is 2.42. The molecule has 0 radical (unpaired) electrons. The minimum absolute atomic E-state index is 0.0950. The molecule has 0 saturated heterocycles. The zero-order chi connectivity index (χ0) is 24.6. The molecule has 1 N–H and O–H groups in total. The lowest BCUT2D eigenvalue weighted by Crippen LogP contribution is -2.25.